The van der Waals surface area contributed by atoms with E-state index in [9.17, 15) is 0 Å². The Kier molecular flexibility index (Phi) is 6.38. The van der Waals surface area contributed by atoms with Crippen molar-refractivity contribution in [2.24, 2.45) is 0 Å². The Morgan fingerprint density at radius 2 is 1.79 bits per heavy atom. The van der Waals surface area contributed by atoms with Gasteiger partial charge in [-0.05, 0) is 56.2 Å². The zero-order valence-electron chi connectivity index (χ0n) is 16.9. The maximum atomic E-state index is 6.29. The minimum absolute atomic E-state index is 0.338. The first-order valence-corrected chi connectivity index (χ1v) is 10.7. The standard InChI is InChI=1S/C24H32N2O2/c1-27-23-12-11-21(18-24(23)28-22-9-5-6-10-22)26-15-13-20(25-14-16-26)17-19-7-3-2-4-8-19/h2-4,7-8,11-12,18,20,22,25H,5-6,9-10,13-17H2,1H3. The van der Waals surface area contributed by atoms with E-state index in [-0.39, 0.29) is 0 Å². The van der Waals surface area contributed by atoms with E-state index in [2.05, 4.69) is 58.7 Å². The number of anilines is 1. The van der Waals surface area contributed by atoms with Crippen LogP contribution in [0.1, 0.15) is 37.7 Å². The lowest BCUT2D eigenvalue weighted by molar-refractivity contribution is 0.201. The third kappa shape index (κ3) is 4.79. The number of methoxy groups -OCH3 is 1. The number of nitrogens with zero attached hydrogens (tertiary/aromatic N) is 1. The molecule has 4 heteroatoms. The van der Waals surface area contributed by atoms with E-state index in [4.69, 9.17) is 9.47 Å². The van der Waals surface area contributed by atoms with Crippen molar-refractivity contribution < 1.29 is 9.47 Å². The maximum absolute atomic E-state index is 6.29. The second kappa shape index (κ2) is 9.33. The number of rotatable bonds is 6. The number of benzene rings is 2. The molecule has 4 nitrogen and oxygen atoms in total. The normalized spacial score (nSPS) is 20.8. The molecule has 2 aromatic carbocycles. The fourth-order valence-electron chi connectivity index (χ4n) is 4.40. The Hall–Kier alpha value is -2.20. The Labute approximate surface area is 168 Å². The largest absolute Gasteiger partial charge is 0.493 e. The summed E-state index contributed by atoms with van der Waals surface area (Å²) in [6, 6.07) is 17.7. The van der Waals surface area contributed by atoms with Crippen molar-refractivity contribution in [3.05, 3.63) is 54.1 Å². The van der Waals surface area contributed by atoms with E-state index in [1.165, 1.54) is 24.1 Å². The summed E-state index contributed by atoms with van der Waals surface area (Å²) >= 11 is 0. The fraction of sp³-hybridized carbons (Fsp3) is 0.500. The van der Waals surface area contributed by atoms with Crippen LogP contribution in [0.2, 0.25) is 0 Å². The Bertz CT molecular complexity index is 744. The van der Waals surface area contributed by atoms with Crippen LogP contribution in [-0.2, 0) is 6.42 Å². The van der Waals surface area contributed by atoms with Crippen LogP contribution in [0.3, 0.4) is 0 Å². The summed E-state index contributed by atoms with van der Waals surface area (Å²) in [6.45, 7) is 3.07. The van der Waals surface area contributed by atoms with Crippen molar-refractivity contribution in [1.82, 2.24) is 5.32 Å². The molecule has 2 aromatic rings. The molecule has 1 aliphatic carbocycles. The molecule has 0 radical (unpaired) electrons. The van der Waals surface area contributed by atoms with Gasteiger partial charge >= 0.3 is 0 Å². The molecule has 0 aromatic heterocycles. The summed E-state index contributed by atoms with van der Waals surface area (Å²) < 4.78 is 11.8. The average molecular weight is 381 g/mol. The molecule has 4 rings (SSSR count). The Morgan fingerprint density at radius 3 is 2.57 bits per heavy atom. The van der Waals surface area contributed by atoms with Crippen molar-refractivity contribution in [3.8, 4) is 11.5 Å². The summed E-state index contributed by atoms with van der Waals surface area (Å²) in [5.41, 5.74) is 2.64. The molecule has 0 spiro atoms. The maximum Gasteiger partial charge on any atom is 0.163 e. The second-order valence-corrected chi connectivity index (χ2v) is 7.98. The van der Waals surface area contributed by atoms with Gasteiger partial charge in [0.2, 0.25) is 0 Å². The van der Waals surface area contributed by atoms with Gasteiger partial charge in [-0.3, -0.25) is 0 Å². The highest BCUT2D eigenvalue weighted by Crippen LogP contribution is 2.35. The SMILES string of the molecule is COc1ccc(N2CCNC(Cc3ccccc3)CC2)cc1OC1CCCC1. The summed E-state index contributed by atoms with van der Waals surface area (Å²) in [6.07, 6.45) is 7.42. The van der Waals surface area contributed by atoms with E-state index in [0.29, 0.717) is 12.1 Å². The van der Waals surface area contributed by atoms with Crippen LogP contribution in [0, 0.1) is 0 Å². The zero-order chi connectivity index (χ0) is 19.2. The summed E-state index contributed by atoms with van der Waals surface area (Å²) in [4.78, 5) is 2.47. The molecular formula is C24H32N2O2. The lowest BCUT2D eigenvalue weighted by atomic mass is 10.0. The molecule has 1 aliphatic heterocycles. The lowest BCUT2D eigenvalue weighted by Crippen LogP contribution is -2.32. The van der Waals surface area contributed by atoms with E-state index in [1.807, 2.05) is 0 Å². The molecule has 1 unspecified atom stereocenters. The molecule has 1 heterocycles. The van der Waals surface area contributed by atoms with Crippen molar-refractivity contribution in [1.29, 1.82) is 0 Å². The van der Waals surface area contributed by atoms with Gasteiger partial charge in [-0.1, -0.05) is 30.3 Å². The fourth-order valence-corrected chi connectivity index (χ4v) is 4.40. The topological polar surface area (TPSA) is 33.7 Å². The second-order valence-electron chi connectivity index (χ2n) is 7.98. The lowest BCUT2D eigenvalue weighted by Gasteiger charge is -2.24. The van der Waals surface area contributed by atoms with Gasteiger partial charge in [0.25, 0.3) is 0 Å². The van der Waals surface area contributed by atoms with Crippen LogP contribution < -0.4 is 19.7 Å². The monoisotopic (exact) mass is 380 g/mol. The van der Waals surface area contributed by atoms with Crippen LogP contribution in [0.15, 0.2) is 48.5 Å². The smallest absolute Gasteiger partial charge is 0.163 e. The van der Waals surface area contributed by atoms with Gasteiger partial charge in [-0.2, -0.15) is 0 Å². The van der Waals surface area contributed by atoms with Crippen LogP contribution in [0.5, 0.6) is 11.5 Å². The van der Waals surface area contributed by atoms with Gasteiger partial charge in [0.15, 0.2) is 11.5 Å². The third-order valence-electron chi connectivity index (χ3n) is 6.00. The Morgan fingerprint density at radius 1 is 0.964 bits per heavy atom. The average Bonchev–Trinajstić information content (AvgIpc) is 3.13. The van der Waals surface area contributed by atoms with Crippen molar-refractivity contribution >= 4 is 5.69 Å². The molecule has 2 aliphatic rings. The highest BCUT2D eigenvalue weighted by atomic mass is 16.5. The van der Waals surface area contributed by atoms with Gasteiger partial charge in [-0.25, -0.2) is 0 Å². The molecule has 1 saturated heterocycles. The predicted octanol–water partition coefficient (Wildman–Crippen LogP) is 4.43. The number of hydrogen-bond acceptors (Lipinski definition) is 4. The predicted molar refractivity (Wildman–Crippen MR) is 115 cm³/mol. The van der Waals surface area contributed by atoms with Crippen molar-refractivity contribution in [2.45, 2.75) is 50.7 Å². The molecule has 0 amide bonds. The van der Waals surface area contributed by atoms with Gasteiger partial charge in [0.05, 0.1) is 13.2 Å². The van der Waals surface area contributed by atoms with Crippen LogP contribution in [-0.4, -0.2) is 38.9 Å². The molecule has 1 N–H and O–H groups in total. The van der Waals surface area contributed by atoms with E-state index < -0.39 is 0 Å². The quantitative estimate of drug-likeness (QED) is 0.804. The molecule has 1 atom stereocenters. The van der Waals surface area contributed by atoms with Crippen molar-refractivity contribution in [2.75, 3.05) is 31.6 Å². The van der Waals surface area contributed by atoms with E-state index in [0.717, 1.165) is 56.8 Å². The van der Waals surface area contributed by atoms with Crippen LogP contribution >= 0.6 is 0 Å². The summed E-state index contributed by atoms with van der Waals surface area (Å²) in [5.74, 6) is 1.73. The van der Waals surface area contributed by atoms with Crippen molar-refractivity contribution in [3.63, 3.8) is 0 Å². The molecule has 2 fully saturated rings. The molecular weight excluding hydrogens is 348 g/mol. The van der Waals surface area contributed by atoms with Crippen LogP contribution in [0.4, 0.5) is 5.69 Å². The Balaban J connectivity index is 1.42. The highest BCUT2D eigenvalue weighted by molar-refractivity contribution is 5.56. The zero-order valence-corrected chi connectivity index (χ0v) is 16.9. The molecule has 150 valence electrons. The summed E-state index contributed by atoms with van der Waals surface area (Å²) in [5, 5.41) is 3.73. The summed E-state index contributed by atoms with van der Waals surface area (Å²) in [7, 11) is 1.72. The molecule has 28 heavy (non-hydrogen) atoms. The minimum atomic E-state index is 0.338. The van der Waals surface area contributed by atoms with E-state index >= 15 is 0 Å². The minimum Gasteiger partial charge on any atom is -0.493 e. The van der Waals surface area contributed by atoms with Gasteiger partial charge in [0, 0.05) is 37.4 Å². The highest BCUT2D eigenvalue weighted by Gasteiger charge is 2.21. The first-order chi connectivity index (χ1) is 13.8. The van der Waals surface area contributed by atoms with E-state index in [1.54, 1.807) is 7.11 Å². The molecule has 0 bridgehead atoms. The number of ether oxygens (including phenoxy) is 2. The first kappa shape index (κ1) is 19.1. The number of hydrogen-bond donors (Lipinski definition) is 1. The third-order valence-corrected chi connectivity index (χ3v) is 6.00. The van der Waals surface area contributed by atoms with Gasteiger partial charge < -0.3 is 19.7 Å². The van der Waals surface area contributed by atoms with Crippen LogP contribution in [0.25, 0.3) is 0 Å². The van der Waals surface area contributed by atoms with Gasteiger partial charge in [0.1, 0.15) is 0 Å². The van der Waals surface area contributed by atoms with Gasteiger partial charge in [-0.15, -0.1) is 0 Å². The molecule has 1 saturated carbocycles. The number of nitrogens with one attached hydrogen (secondary N) is 1. The first-order valence-electron chi connectivity index (χ1n) is 10.7.